The van der Waals surface area contributed by atoms with E-state index in [-0.39, 0.29) is 0 Å². The van der Waals surface area contributed by atoms with E-state index in [1.165, 1.54) is 6.42 Å². The van der Waals surface area contributed by atoms with Crippen LogP contribution in [0, 0.1) is 12.0 Å². The standard InChI is InChI=1S/C6H6N/c1-2-6-3-5(1)4-7-6/h1-2,5-6H,3H2/q+1. The van der Waals surface area contributed by atoms with Crippen LogP contribution in [0.4, 0.5) is 0 Å². The number of fused-ring (bicyclic) bond motifs is 2. The predicted molar refractivity (Wildman–Crippen MR) is 28.3 cm³/mol. The van der Waals surface area contributed by atoms with Gasteiger partial charge >= 0.3 is 0 Å². The van der Waals surface area contributed by atoms with Gasteiger partial charge in [-0.05, 0) is 6.08 Å². The molecule has 0 aromatic carbocycles. The van der Waals surface area contributed by atoms with Crippen LogP contribution in [0.3, 0.4) is 0 Å². The molecule has 0 saturated carbocycles. The monoisotopic (exact) mass is 92.0 g/mol. The summed E-state index contributed by atoms with van der Waals surface area (Å²) in [5, 5.41) is 0. The van der Waals surface area contributed by atoms with Gasteiger partial charge in [0.1, 0.15) is 5.92 Å². The molecule has 2 atom stereocenters. The largest absolute Gasteiger partial charge is 0.292 e. The average molecular weight is 92.1 g/mol. The topological polar surface area (TPSA) is 4.36 Å². The Morgan fingerprint density at radius 1 is 1.57 bits per heavy atom. The summed E-state index contributed by atoms with van der Waals surface area (Å²) < 4.78 is 0. The van der Waals surface area contributed by atoms with Gasteiger partial charge in [0, 0.05) is 0 Å². The van der Waals surface area contributed by atoms with Crippen LogP contribution in [-0.2, 0) is 0 Å². The molecule has 0 N–H and O–H groups in total. The maximum absolute atomic E-state index is 4.07. The van der Waals surface area contributed by atoms with Crippen molar-refractivity contribution in [2.45, 2.75) is 12.5 Å². The van der Waals surface area contributed by atoms with Crippen LogP contribution in [0.15, 0.2) is 12.2 Å². The molecule has 0 saturated heterocycles. The fourth-order valence-electron chi connectivity index (χ4n) is 1.06. The minimum atomic E-state index is 0.505. The highest BCUT2D eigenvalue weighted by Gasteiger charge is 2.32. The first-order valence-electron chi connectivity index (χ1n) is 2.59. The average Bonchev–Trinajstić information content (AvgIpc) is 2.22. The van der Waals surface area contributed by atoms with Gasteiger partial charge in [0.05, 0.1) is 6.42 Å². The number of allylic oxidation sites excluding steroid dienone is 1. The molecule has 1 aliphatic heterocycles. The van der Waals surface area contributed by atoms with Gasteiger partial charge in [0.25, 0.3) is 12.1 Å². The van der Waals surface area contributed by atoms with Gasteiger partial charge in [0.2, 0.25) is 0 Å². The third-order valence-electron chi connectivity index (χ3n) is 1.47. The van der Waals surface area contributed by atoms with Gasteiger partial charge in [-0.25, -0.2) is 0 Å². The third-order valence-corrected chi connectivity index (χ3v) is 1.47. The van der Waals surface area contributed by atoms with Crippen molar-refractivity contribution < 1.29 is 0 Å². The SMILES string of the molecule is C1#[N+]C2C=CC1C2. The van der Waals surface area contributed by atoms with Gasteiger partial charge in [-0.1, -0.05) is 10.9 Å². The third kappa shape index (κ3) is 0.312. The van der Waals surface area contributed by atoms with E-state index >= 15 is 0 Å². The fraction of sp³-hybridized carbons (Fsp3) is 0.500. The molecule has 0 spiro atoms. The van der Waals surface area contributed by atoms with E-state index in [1.54, 1.807) is 0 Å². The van der Waals surface area contributed by atoms with Crippen molar-refractivity contribution in [3.63, 3.8) is 0 Å². The zero-order valence-electron chi connectivity index (χ0n) is 3.96. The molecule has 1 heteroatoms. The van der Waals surface area contributed by atoms with E-state index in [9.17, 15) is 0 Å². The highest BCUT2D eigenvalue weighted by molar-refractivity contribution is 5.26. The number of rotatable bonds is 0. The van der Waals surface area contributed by atoms with Crippen LogP contribution in [0.5, 0.6) is 0 Å². The van der Waals surface area contributed by atoms with Crippen LogP contribution in [-0.4, -0.2) is 6.04 Å². The summed E-state index contributed by atoms with van der Waals surface area (Å²) in [5.41, 5.74) is 0. The summed E-state index contributed by atoms with van der Waals surface area (Å²) in [6, 6.07) is 3.50. The lowest BCUT2D eigenvalue weighted by molar-refractivity contribution is 0.802. The molecule has 1 aliphatic carbocycles. The lowest BCUT2D eigenvalue weighted by Crippen LogP contribution is -1.87. The smallest absolute Gasteiger partial charge is 0.0751 e. The minimum Gasteiger partial charge on any atom is -0.0751 e. The van der Waals surface area contributed by atoms with E-state index in [2.05, 4.69) is 23.1 Å². The van der Waals surface area contributed by atoms with Crippen molar-refractivity contribution >= 4 is 0 Å². The molecule has 0 aromatic rings. The van der Waals surface area contributed by atoms with Crippen molar-refractivity contribution in [2.75, 3.05) is 0 Å². The Kier molecular flexibility index (Phi) is 0.416. The molecule has 0 amide bonds. The summed E-state index contributed by atoms with van der Waals surface area (Å²) >= 11 is 0. The van der Waals surface area contributed by atoms with Crippen molar-refractivity contribution in [1.29, 1.82) is 0 Å². The Morgan fingerprint density at radius 3 is 2.71 bits per heavy atom. The highest BCUT2D eigenvalue weighted by atomic mass is 14.8. The van der Waals surface area contributed by atoms with E-state index < -0.39 is 0 Å². The normalized spacial score (nSPS) is 41.1. The second-order valence-electron chi connectivity index (χ2n) is 2.05. The van der Waals surface area contributed by atoms with Gasteiger partial charge < -0.3 is 0 Å². The Bertz CT molecular complexity index is 154. The first kappa shape index (κ1) is 3.26. The minimum absolute atomic E-state index is 0.505. The van der Waals surface area contributed by atoms with Gasteiger partial charge in [-0.15, -0.1) is 0 Å². The Balaban J connectivity index is 2.44. The molecular formula is C6H6N+. The summed E-state index contributed by atoms with van der Waals surface area (Å²) in [5.74, 6) is 0.574. The molecule has 0 radical (unpaired) electrons. The van der Waals surface area contributed by atoms with Gasteiger partial charge in [-0.3, -0.25) is 0 Å². The molecule has 2 bridgehead atoms. The molecule has 0 fully saturated rings. The molecule has 2 unspecified atom stereocenters. The molecular weight excluding hydrogens is 86.1 g/mol. The van der Waals surface area contributed by atoms with Crippen LogP contribution < -0.4 is 0 Å². The maximum Gasteiger partial charge on any atom is 0.292 e. The molecule has 0 aromatic heterocycles. The lowest BCUT2D eigenvalue weighted by atomic mass is 10.2. The van der Waals surface area contributed by atoms with Crippen LogP contribution >= 0.6 is 0 Å². The molecule has 1 nitrogen and oxygen atoms in total. The zero-order valence-corrected chi connectivity index (χ0v) is 3.96. The molecule has 7 heavy (non-hydrogen) atoms. The maximum atomic E-state index is 4.07. The highest BCUT2D eigenvalue weighted by Crippen LogP contribution is 2.24. The van der Waals surface area contributed by atoms with Crippen LogP contribution in [0.1, 0.15) is 6.42 Å². The molecule has 2 rings (SSSR count). The van der Waals surface area contributed by atoms with E-state index in [4.69, 9.17) is 0 Å². The quantitative estimate of drug-likeness (QED) is 0.396. The Morgan fingerprint density at radius 2 is 2.57 bits per heavy atom. The summed E-state index contributed by atoms with van der Waals surface area (Å²) in [7, 11) is 0. The Hall–Kier alpha value is -0.770. The summed E-state index contributed by atoms with van der Waals surface area (Å²) in [6.45, 7) is 0. The van der Waals surface area contributed by atoms with E-state index in [0.29, 0.717) is 12.0 Å². The van der Waals surface area contributed by atoms with E-state index in [0.717, 1.165) is 0 Å². The second-order valence-corrected chi connectivity index (χ2v) is 2.05. The summed E-state index contributed by atoms with van der Waals surface area (Å²) in [6.07, 6.45) is 5.53. The molecule has 1 heterocycles. The lowest BCUT2D eigenvalue weighted by Gasteiger charge is -1.74. The van der Waals surface area contributed by atoms with Crippen LogP contribution in [0.25, 0.3) is 4.85 Å². The van der Waals surface area contributed by atoms with Gasteiger partial charge in [-0.2, -0.15) is 0 Å². The predicted octanol–water partition coefficient (Wildman–Crippen LogP) is 1.28. The Labute approximate surface area is 42.5 Å². The molecule has 2 aliphatic rings. The molecule has 34 valence electrons. The second kappa shape index (κ2) is 0.894. The number of hydrogen-bond donors (Lipinski definition) is 0. The van der Waals surface area contributed by atoms with E-state index in [1.807, 2.05) is 0 Å². The zero-order chi connectivity index (χ0) is 4.69. The van der Waals surface area contributed by atoms with Crippen LogP contribution in [0.2, 0.25) is 0 Å². The van der Waals surface area contributed by atoms with Crippen molar-refractivity contribution in [3.05, 3.63) is 17.0 Å². The first-order valence-corrected chi connectivity index (χ1v) is 2.59. The number of nitrogens with zero attached hydrogens (tertiary/aromatic N) is 1. The van der Waals surface area contributed by atoms with Gasteiger partial charge in [0.15, 0.2) is 0 Å². The van der Waals surface area contributed by atoms with Crippen molar-refractivity contribution in [2.24, 2.45) is 5.92 Å². The van der Waals surface area contributed by atoms with Crippen molar-refractivity contribution in [1.82, 2.24) is 0 Å². The van der Waals surface area contributed by atoms with Crippen molar-refractivity contribution in [3.8, 4) is 6.07 Å². The first-order chi connectivity index (χ1) is 3.45. The summed E-state index contributed by atoms with van der Waals surface area (Å²) in [4.78, 5) is 4.07. The fourth-order valence-corrected chi connectivity index (χ4v) is 1.06. The number of hydrogen-bond acceptors (Lipinski definition) is 0.